The molecule has 1 aromatic carbocycles. The molecule has 24 heavy (non-hydrogen) atoms. The molecule has 6 heteroatoms. The molecule has 0 aliphatic heterocycles. The zero-order valence-electron chi connectivity index (χ0n) is 14.1. The molecule has 128 valence electrons. The number of amides is 2. The Morgan fingerprint density at radius 1 is 1.25 bits per heavy atom. The minimum Gasteiger partial charge on any atom is -0.479 e. The zero-order valence-corrected chi connectivity index (χ0v) is 14.1. The van der Waals surface area contributed by atoms with Crippen LogP contribution in [0, 0.1) is 11.3 Å². The summed E-state index contributed by atoms with van der Waals surface area (Å²) in [6, 6.07) is 9.20. The number of rotatable bonds is 5. The second-order valence-corrected chi connectivity index (χ2v) is 6.18. The molecule has 1 aliphatic rings. The van der Waals surface area contributed by atoms with Crippen LogP contribution in [-0.4, -0.2) is 23.5 Å². The normalized spacial score (nSPS) is 17.2. The van der Waals surface area contributed by atoms with Crippen LogP contribution in [0.25, 0.3) is 0 Å². The SMILES string of the molecule is CC(=O)Nc1ccccc1OC(C)C(=O)NC1(C#N)CCCCC1. The van der Waals surface area contributed by atoms with Gasteiger partial charge < -0.3 is 15.4 Å². The van der Waals surface area contributed by atoms with Crippen LogP contribution in [0.3, 0.4) is 0 Å². The van der Waals surface area contributed by atoms with Crippen LogP contribution < -0.4 is 15.4 Å². The number of carbonyl (C=O) groups excluding carboxylic acids is 2. The number of benzene rings is 1. The third-order valence-electron chi connectivity index (χ3n) is 4.15. The van der Waals surface area contributed by atoms with Crippen LogP contribution in [0.5, 0.6) is 5.75 Å². The number of hydrogen-bond donors (Lipinski definition) is 2. The molecule has 0 bridgehead atoms. The monoisotopic (exact) mass is 329 g/mol. The van der Waals surface area contributed by atoms with Gasteiger partial charge in [0.1, 0.15) is 11.3 Å². The first-order valence-electron chi connectivity index (χ1n) is 8.22. The number of hydrogen-bond acceptors (Lipinski definition) is 4. The lowest BCUT2D eigenvalue weighted by atomic mass is 9.83. The first kappa shape index (κ1) is 17.8. The molecule has 2 amide bonds. The summed E-state index contributed by atoms with van der Waals surface area (Å²) in [5.74, 6) is -0.116. The zero-order chi connectivity index (χ0) is 17.6. The topological polar surface area (TPSA) is 91.2 Å². The first-order chi connectivity index (χ1) is 11.5. The van der Waals surface area contributed by atoms with Crippen molar-refractivity contribution in [1.82, 2.24) is 5.32 Å². The third kappa shape index (κ3) is 4.48. The molecule has 0 aromatic heterocycles. The molecule has 0 spiro atoms. The van der Waals surface area contributed by atoms with Crippen LogP contribution in [0.4, 0.5) is 5.69 Å². The second kappa shape index (κ2) is 7.82. The van der Waals surface area contributed by atoms with Crippen LogP contribution >= 0.6 is 0 Å². The van der Waals surface area contributed by atoms with Gasteiger partial charge in [-0.1, -0.05) is 31.4 Å². The highest BCUT2D eigenvalue weighted by molar-refractivity contribution is 5.90. The maximum absolute atomic E-state index is 12.4. The van der Waals surface area contributed by atoms with Crippen LogP contribution in [0.1, 0.15) is 46.0 Å². The molecule has 0 heterocycles. The Morgan fingerprint density at radius 3 is 2.54 bits per heavy atom. The van der Waals surface area contributed by atoms with E-state index in [1.165, 1.54) is 6.92 Å². The van der Waals surface area contributed by atoms with Gasteiger partial charge in [-0.2, -0.15) is 5.26 Å². The highest BCUT2D eigenvalue weighted by Gasteiger charge is 2.35. The van der Waals surface area contributed by atoms with E-state index in [4.69, 9.17) is 4.74 Å². The van der Waals surface area contributed by atoms with Gasteiger partial charge >= 0.3 is 0 Å². The van der Waals surface area contributed by atoms with E-state index >= 15 is 0 Å². The smallest absolute Gasteiger partial charge is 0.262 e. The Morgan fingerprint density at radius 2 is 1.92 bits per heavy atom. The van der Waals surface area contributed by atoms with E-state index in [-0.39, 0.29) is 11.8 Å². The summed E-state index contributed by atoms with van der Waals surface area (Å²) < 4.78 is 5.70. The summed E-state index contributed by atoms with van der Waals surface area (Å²) in [6.07, 6.45) is 3.54. The van der Waals surface area contributed by atoms with Gasteiger partial charge in [0, 0.05) is 6.92 Å². The van der Waals surface area contributed by atoms with Gasteiger partial charge in [-0.05, 0) is 31.9 Å². The Balaban J connectivity index is 2.04. The molecule has 0 radical (unpaired) electrons. The van der Waals surface area contributed by atoms with E-state index < -0.39 is 11.6 Å². The Kier molecular flexibility index (Phi) is 5.80. The molecule has 0 saturated heterocycles. The molecular weight excluding hydrogens is 306 g/mol. The maximum atomic E-state index is 12.4. The van der Waals surface area contributed by atoms with Crippen molar-refractivity contribution in [2.45, 2.75) is 57.6 Å². The molecule has 1 atom stereocenters. The molecule has 1 aromatic rings. The van der Waals surface area contributed by atoms with Crippen LogP contribution in [-0.2, 0) is 9.59 Å². The largest absolute Gasteiger partial charge is 0.479 e. The van der Waals surface area contributed by atoms with Crippen molar-refractivity contribution in [3.8, 4) is 11.8 Å². The average Bonchev–Trinajstić information content (AvgIpc) is 2.57. The molecular formula is C18H23N3O3. The fourth-order valence-electron chi connectivity index (χ4n) is 2.86. The van der Waals surface area contributed by atoms with Gasteiger partial charge in [0.15, 0.2) is 6.10 Å². The van der Waals surface area contributed by atoms with Crippen molar-refractivity contribution in [3.63, 3.8) is 0 Å². The minimum atomic E-state index is -0.788. The predicted molar refractivity (Wildman–Crippen MR) is 90.4 cm³/mol. The molecule has 1 unspecified atom stereocenters. The second-order valence-electron chi connectivity index (χ2n) is 6.18. The van der Waals surface area contributed by atoms with Gasteiger partial charge in [0.25, 0.3) is 5.91 Å². The molecule has 1 fully saturated rings. The average molecular weight is 329 g/mol. The van der Waals surface area contributed by atoms with Crippen molar-refractivity contribution in [1.29, 1.82) is 5.26 Å². The van der Waals surface area contributed by atoms with Crippen molar-refractivity contribution in [3.05, 3.63) is 24.3 Å². The van der Waals surface area contributed by atoms with Crippen molar-refractivity contribution < 1.29 is 14.3 Å². The summed E-state index contributed by atoms with van der Waals surface area (Å²) in [6.45, 7) is 3.04. The van der Waals surface area contributed by atoms with E-state index in [0.717, 1.165) is 19.3 Å². The highest BCUT2D eigenvalue weighted by Crippen LogP contribution is 2.28. The lowest BCUT2D eigenvalue weighted by Crippen LogP contribution is -2.52. The fourth-order valence-corrected chi connectivity index (χ4v) is 2.86. The summed E-state index contributed by atoms with van der Waals surface area (Å²) in [5.41, 5.74) is -0.276. The van der Waals surface area contributed by atoms with E-state index in [9.17, 15) is 14.9 Å². The first-order valence-corrected chi connectivity index (χ1v) is 8.22. The molecule has 2 rings (SSSR count). The number of nitriles is 1. The number of ether oxygens (including phenoxy) is 1. The van der Waals surface area contributed by atoms with Gasteiger partial charge in [0.05, 0.1) is 11.8 Å². The van der Waals surface area contributed by atoms with E-state index in [2.05, 4.69) is 16.7 Å². The lowest BCUT2D eigenvalue weighted by Gasteiger charge is -2.32. The van der Waals surface area contributed by atoms with E-state index in [1.807, 2.05) is 0 Å². The van der Waals surface area contributed by atoms with Gasteiger partial charge in [-0.3, -0.25) is 9.59 Å². The van der Waals surface area contributed by atoms with Crippen molar-refractivity contribution in [2.24, 2.45) is 0 Å². The van der Waals surface area contributed by atoms with Crippen molar-refractivity contribution >= 4 is 17.5 Å². The summed E-state index contributed by atoms with van der Waals surface area (Å²) in [7, 11) is 0. The van der Waals surface area contributed by atoms with Crippen LogP contribution in [0.15, 0.2) is 24.3 Å². The number of nitrogens with zero attached hydrogens (tertiary/aromatic N) is 1. The Hall–Kier alpha value is -2.55. The third-order valence-corrected chi connectivity index (χ3v) is 4.15. The fraction of sp³-hybridized carbons (Fsp3) is 0.500. The number of nitrogens with one attached hydrogen (secondary N) is 2. The van der Waals surface area contributed by atoms with Crippen LogP contribution in [0.2, 0.25) is 0 Å². The molecule has 1 saturated carbocycles. The standard InChI is InChI=1S/C18H23N3O3/c1-13(17(23)21-18(12-19)10-6-3-7-11-18)24-16-9-5-4-8-15(16)20-14(2)22/h4-5,8-9,13H,3,6-7,10-11H2,1-2H3,(H,20,22)(H,21,23). The Bertz CT molecular complexity index is 645. The lowest BCUT2D eigenvalue weighted by molar-refractivity contribution is -0.129. The highest BCUT2D eigenvalue weighted by atomic mass is 16.5. The van der Waals surface area contributed by atoms with E-state index in [1.54, 1.807) is 31.2 Å². The van der Waals surface area contributed by atoms with Gasteiger partial charge in [0.2, 0.25) is 5.91 Å². The minimum absolute atomic E-state index is 0.214. The summed E-state index contributed by atoms with van der Waals surface area (Å²) in [5, 5.41) is 15.0. The number of para-hydroxylation sites is 2. The molecule has 2 N–H and O–H groups in total. The summed E-state index contributed by atoms with van der Waals surface area (Å²) >= 11 is 0. The predicted octanol–water partition coefficient (Wildman–Crippen LogP) is 2.75. The quantitative estimate of drug-likeness (QED) is 0.869. The number of anilines is 1. The Labute approximate surface area is 142 Å². The van der Waals surface area contributed by atoms with Gasteiger partial charge in [-0.15, -0.1) is 0 Å². The maximum Gasteiger partial charge on any atom is 0.262 e. The molecule has 6 nitrogen and oxygen atoms in total. The van der Waals surface area contributed by atoms with Crippen molar-refractivity contribution in [2.75, 3.05) is 5.32 Å². The summed E-state index contributed by atoms with van der Waals surface area (Å²) in [4.78, 5) is 23.7. The number of carbonyl (C=O) groups is 2. The van der Waals surface area contributed by atoms with Gasteiger partial charge in [-0.25, -0.2) is 0 Å². The van der Waals surface area contributed by atoms with E-state index in [0.29, 0.717) is 24.3 Å². The molecule has 1 aliphatic carbocycles.